The average molecular weight is 402 g/mol. The predicted octanol–water partition coefficient (Wildman–Crippen LogP) is 7.06. The maximum Gasteiger partial charge on any atom is 0.279 e. The van der Waals surface area contributed by atoms with Crippen LogP contribution in [-0.2, 0) is 11.2 Å². The van der Waals surface area contributed by atoms with Gasteiger partial charge < -0.3 is 14.3 Å². The molecule has 0 amide bonds. The topological polar surface area (TPSA) is 48.4 Å². The molecule has 0 atom stereocenters. The number of ether oxygens (including phenoxy) is 2. The van der Waals surface area contributed by atoms with Crippen LogP contribution in [0.5, 0.6) is 16.7 Å². The van der Waals surface area contributed by atoms with Crippen molar-refractivity contribution >= 4 is 27.3 Å². The molecule has 3 aromatic rings. The fraction of sp³-hybridized carbons (Fsp3) is 0.391. The van der Waals surface area contributed by atoms with Gasteiger partial charge in [0.15, 0.2) is 11.5 Å². The van der Waals surface area contributed by atoms with Crippen LogP contribution < -0.4 is 9.47 Å². The van der Waals surface area contributed by atoms with Crippen molar-refractivity contribution in [2.45, 2.75) is 54.4 Å². The minimum absolute atomic E-state index is 0.183. The Morgan fingerprint density at radius 2 is 1.75 bits per heavy atom. The number of rotatable bonds is 7. The Labute approximate surface area is 172 Å². The van der Waals surface area contributed by atoms with Gasteiger partial charge in [-0.2, -0.15) is 0 Å². The lowest BCUT2D eigenvalue weighted by Crippen LogP contribution is -1.98. The minimum Gasteiger partial charge on any atom is -0.490 e. The molecule has 0 radical (unpaired) electrons. The summed E-state index contributed by atoms with van der Waals surface area (Å²) in [6.07, 6.45) is 1.24. The second-order valence-corrected chi connectivity index (χ2v) is 6.46. The van der Waals surface area contributed by atoms with E-state index in [1.165, 1.54) is 11.3 Å². The number of nitrogens with zero attached hydrogens (tertiary/aromatic N) is 1. The van der Waals surface area contributed by atoms with E-state index in [4.69, 9.17) is 9.47 Å². The lowest BCUT2D eigenvalue weighted by molar-refractivity contribution is -0.116. The van der Waals surface area contributed by atoms with E-state index in [-0.39, 0.29) is 5.78 Å². The summed E-state index contributed by atoms with van der Waals surface area (Å²) in [5, 5.41) is 0.591. The zero-order valence-corrected chi connectivity index (χ0v) is 18.6. The molecule has 152 valence electrons. The van der Waals surface area contributed by atoms with Crippen molar-refractivity contribution in [3.8, 4) is 16.7 Å². The summed E-state index contributed by atoms with van der Waals surface area (Å²) >= 11 is 1.50. The van der Waals surface area contributed by atoms with Crippen LogP contribution in [0.3, 0.4) is 0 Å². The van der Waals surface area contributed by atoms with E-state index in [1.807, 2.05) is 77.1 Å². The number of para-hydroxylation sites is 1. The first-order valence-electron chi connectivity index (χ1n) is 9.94. The van der Waals surface area contributed by atoms with Crippen LogP contribution in [0, 0.1) is 0 Å². The summed E-state index contributed by atoms with van der Waals surface area (Å²) in [5.41, 5.74) is 1.99. The van der Waals surface area contributed by atoms with Gasteiger partial charge in [0, 0.05) is 6.42 Å². The third-order valence-corrected chi connectivity index (χ3v) is 4.46. The van der Waals surface area contributed by atoms with Crippen LogP contribution in [0.1, 0.15) is 53.5 Å². The minimum atomic E-state index is 0.183. The Balaban J connectivity index is 0.000000921. The van der Waals surface area contributed by atoms with E-state index in [9.17, 15) is 4.79 Å². The first-order valence-corrected chi connectivity index (χ1v) is 10.8. The third kappa shape index (κ3) is 6.97. The zero-order valence-electron chi connectivity index (χ0n) is 17.7. The van der Waals surface area contributed by atoms with Crippen LogP contribution in [0.2, 0.25) is 0 Å². The van der Waals surface area contributed by atoms with Crippen molar-refractivity contribution in [2.24, 2.45) is 0 Å². The van der Waals surface area contributed by atoms with Gasteiger partial charge in [0.2, 0.25) is 0 Å². The maximum atomic E-state index is 11.2. The van der Waals surface area contributed by atoms with Crippen LogP contribution in [0.4, 0.5) is 0 Å². The summed E-state index contributed by atoms with van der Waals surface area (Å²) in [7, 11) is 0. The number of carbonyl (C=O) groups is 1. The van der Waals surface area contributed by atoms with Crippen molar-refractivity contribution in [3.63, 3.8) is 0 Å². The van der Waals surface area contributed by atoms with Crippen molar-refractivity contribution in [1.29, 1.82) is 0 Å². The number of Topliss-reactive ketones (excluding diaryl/α,β-unsaturated/α-hetero) is 1. The molecule has 1 aromatic heterocycles. The average Bonchev–Trinajstić information content (AvgIpc) is 3.14. The Kier molecular flexibility index (Phi) is 10.9. The molecule has 0 N–H and O–H groups in total. The first kappa shape index (κ1) is 23.6. The number of thiazole rings is 1. The SMILES string of the molecule is CC.CC.CCOc1cc(CCC(C)=O)ccc1Oc1nc2ccccc2s1. The Bertz CT molecular complexity index is 825. The molecule has 0 aliphatic rings. The molecule has 0 fully saturated rings. The van der Waals surface area contributed by atoms with E-state index in [1.54, 1.807) is 6.92 Å². The number of benzene rings is 2. The number of hydrogen-bond acceptors (Lipinski definition) is 5. The Morgan fingerprint density at radius 1 is 1.04 bits per heavy atom. The maximum absolute atomic E-state index is 11.2. The highest BCUT2D eigenvalue weighted by atomic mass is 32.1. The number of hydrogen-bond donors (Lipinski definition) is 0. The highest BCUT2D eigenvalue weighted by Gasteiger charge is 2.11. The highest BCUT2D eigenvalue weighted by Crippen LogP contribution is 2.36. The first-order chi connectivity index (χ1) is 13.7. The second-order valence-electron chi connectivity index (χ2n) is 5.47. The van der Waals surface area contributed by atoms with Crippen LogP contribution in [0.25, 0.3) is 10.2 Å². The molecule has 0 aliphatic heterocycles. The molecular weight excluding hydrogens is 370 g/mol. The molecule has 1 heterocycles. The van der Waals surface area contributed by atoms with Gasteiger partial charge >= 0.3 is 0 Å². The highest BCUT2D eigenvalue weighted by molar-refractivity contribution is 7.20. The fourth-order valence-electron chi connectivity index (χ4n) is 2.37. The van der Waals surface area contributed by atoms with Gasteiger partial charge in [-0.3, -0.25) is 0 Å². The van der Waals surface area contributed by atoms with Gasteiger partial charge in [0.05, 0.1) is 16.8 Å². The van der Waals surface area contributed by atoms with Crippen molar-refractivity contribution in [2.75, 3.05) is 6.61 Å². The number of aryl methyl sites for hydroxylation is 1. The van der Waals surface area contributed by atoms with E-state index >= 15 is 0 Å². The molecular formula is C23H31NO3S. The molecule has 0 aliphatic carbocycles. The molecule has 0 saturated carbocycles. The normalized spacial score (nSPS) is 9.64. The van der Waals surface area contributed by atoms with Crippen LogP contribution in [0.15, 0.2) is 42.5 Å². The van der Waals surface area contributed by atoms with Gasteiger partial charge in [-0.1, -0.05) is 57.2 Å². The summed E-state index contributed by atoms with van der Waals surface area (Å²) in [6, 6.07) is 13.7. The quantitative estimate of drug-likeness (QED) is 0.425. The van der Waals surface area contributed by atoms with Gasteiger partial charge in [-0.15, -0.1) is 0 Å². The second kappa shape index (κ2) is 12.9. The monoisotopic (exact) mass is 401 g/mol. The van der Waals surface area contributed by atoms with Gasteiger partial charge in [0.25, 0.3) is 5.19 Å². The number of fused-ring (bicyclic) bond motifs is 1. The molecule has 2 aromatic carbocycles. The van der Waals surface area contributed by atoms with Gasteiger partial charge in [-0.25, -0.2) is 4.98 Å². The molecule has 28 heavy (non-hydrogen) atoms. The van der Waals surface area contributed by atoms with E-state index < -0.39 is 0 Å². The smallest absolute Gasteiger partial charge is 0.279 e. The predicted molar refractivity (Wildman–Crippen MR) is 119 cm³/mol. The fourth-order valence-corrected chi connectivity index (χ4v) is 3.20. The standard InChI is InChI=1S/C19H19NO3S.2C2H6/c1-3-22-17-12-14(9-8-13(2)21)10-11-16(17)23-19-20-15-6-4-5-7-18(15)24-19;2*1-2/h4-7,10-12H,3,8-9H2,1-2H3;2*1-2H3. The van der Waals surface area contributed by atoms with Crippen molar-refractivity contribution in [1.82, 2.24) is 4.98 Å². The Morgan fingerprint density at radius 3 is 2.39 bits per heavy atom. The van der Waals surface area contributed by atoms with Gasteiger partial charge in [-0.05, 0) is 50.1 Å². The molecule has 0 spiro atoms. The number of aromatic nitrogens is 1. The Hall–Kier alpha value is -2.40. The zero-order chi connectivity index (χ0) is 20.9. The number of ketones is 1. The van der Waals surface area contributed by atoms with E-state index in [0.717, 1.165) is 15.8 Å². The summed E-state index contributed by atoms with van der Waals surface area (Å²) in [6.45, 7) is 12.1. The molecule has 4 nitrogen and oxygen atoms in total. The molecule has 3 rings (SSSR count). The lowest BCUT2D eigenvalue weighted by atomic mass is 10.1. The van der Waals surface area contributed by atoms with E-state index in [0.29, 0.717) is 36.1 Å². The third-order valence-electron chi connectivity index (χ3n) is 3.55. The van der Waals surface area contributed by atoms with Gasteiger partial charge in [0.1, 0.15) is 5.78 Å². The largest absolute Gasteiger partial charge is 0.490 e. The molecule has 0 unspecified atom stereocenters. The molecule has 5 heteroatoms. The number of carbonyl (C=O) groups excluding carboxylic acids is 1. The summed E-state index contributed by atoms with van der Waals surface area (Å²) < 4.78 is 12.7. The molecule has 0 saturated heterocycles. The summed E-state index contributed by atoms with van der Waals surface area (Å²) in [4.78, 5) is 15.6. The van der Waals surface area contributed by atoms with Crippen LogP contribution in [-0.4, -0.2) is 17.4 Å². The van der Waals surface area contributed by atoms with Crippen LogP contribution >= 0.6 is 11.3 Å². The van der Waals surface area contributed by atoms with E-state index in [2.05, 4.69) is 4.98 Å². The molecule has 0 bridgehead atoms. The van der Waals surface area contributed by atoms with Crippen molar-refractivity contribution in [3.05, 3.63) is 48.0 Å². The lowest BCUT2D eigenvalue weighted by Gasteiger charge is -2.11. The van der Waals surface area contributed by atoms with Crippen molar-refractivity contribution < 1.29 is 14.3 Å². The summed E-state index contributed by atoms with van der Waals surface area (Å²) in [5.74, 6) is 1.50.